The van der Waals surface area contributed by atoms with Crippen LogP contribution in [0.5, 0.6) is 0 Å². The fraction of sp³-hybridized carbons (Fsp3) is 0.500. The Kier molecular flexibility index (Phi) is 6.10. The number of benzene rings is 2. The van der Waals surface area contributed by atoms with Gasteiger partial charge in [0.25, 0.3) is 0 Å². The van der Waals surface area contributed by atoms with Gasteiger partial charge in [0.05, 0.1) is 0 Å². The van der Waals surface area contributed by atoms with Crippen LogP contribution < -0.4 is 15.5 Å². The first-order chi connectivity index (χ1) is 13.3. The topological polar surface area (TPSA) is 27.3 Å². The Hall–Kier alpha value is -1.84. The molecule has 0 aromatic heterocycles. The van der Waals surface area contributed by atoms with Crippen LogP contribution >= 0.6 is 0 Å². The number of hydrogen-bond donors (Lipinski definition) is 2. The Morgan fingerprint density at radius 3 is 2.52 bits per heavy atom. The number of nitrogens with one attached hydrogen (secondary N) is 2. The molecule has 144 valence electrons. The van der Waals surface area contributed by atoms with Crippen LogP contribution in [0.4, 0.5) is 5.69 Å². The van der Waals surface area contributed by atoms with Crippen molar-refractivity contribution >= 4 is 5.69 Å². The molecule has 2 aliphatic rings. The van der Waals surface area contributed by atoms with Crippen molar-refractivity contribution in [2.45, 2.75) is 38.6 Å². The monoisotopic (exact) mass is 363 g/mol. The van der Waals surface area contributed by atoms with Gasteiger partial charge in [-0.3, -0.25) is 0 Å². The van der Waals surface area contributed by atoms with Gasteiger partial charge in [0, 0.05) is 24.8 Å². The molecule has 4 rings (SSSR count). The second-order valence-corrected chi connectivity index (χ2v) is 8.23. The Labute approximate surface area is 164 Å². The quantitative estimate of drug-likeness (QED) is 0.833. The average Bonchev–Trinajstić information content (AvgIpc) is 2.74. The molecule has 0 unspecified atom stereocenters. The summed E-state index contributed by atoms with van der Waals surface area (Å²) in [6.07, 6.45) is 5.16. The second-order valence-electron chi connectivity index (χ2n) is 8.23. The van der Waals surface area contributed by atoms with E-state index in [-0.39, 0.29) is 0 Å². The third-order valence-corrected chi connectivity index (χ3v) is 6.32. The molecule has 0 amide bonds. The molecule has 0 saturated carbocycles. The highest BCUT2D eigenvalue weighted by atomic mass is 15.1. The highest BCUT2D eigenvalue weighted by Gasteiger charge is 2.21. The molecular formula is C24H33N3. The standard InChI is InChI=1S/C24H33N3/c1-19-5-2-3-8-24(19)21-6-4-7-23(17-21)27-15-11-22(12-16-27)26-18-20-9-13-25-14-10-20/h2-8,17,20,22,25-26H,9-16,18H2,1H3. The van der Waals surface area contributed by atoms with Crippen molar-refractivity contribution in [2.24, 2.45) is 5.92 Å². The Bertz CT molecular complexity index is 728. The molecular weight excluding hydrogens is 330 g/mol. The molecule has 2 aromatic rings. The number of piperidine rings is 2. The third-order valence-electron chi connectivity index (χ3n) is 6.32. The van der Waals surface area contributed by atoms with Gasteiger partial charge in [-0.1, -0.05) is 36.4 Å². The predicted molar refractivity (Wildman–Crippen MR) is 115 cm³/mol. The first-order valence-corrected chi connectivity index (χ1v) is 10.6. The van der Waals surface area contributed by atoms with Gasteiger partial charge in [-0.15, -0.1) is 0 Å². The van der Waals surface area contributed by atoms with Gasteiger partial charge in [-0.2, -0.15) is 0 Å². The van der Waals surface area contributed by atoms with Crippen molar-refractivity contribution < 1.29 is 0 Å². The van der Waals surface area contributed by atoms with E-state index in [4.69, 9.17) is 0 Å². The lowest BCUT2D eigenvalue weighted by atomic mass is 9.96. The largest absolute Gasteiger partial charge is 0.371 e. The summed E-state index contributed by atoms with van der Waals surface area (Å²) in [5.41, 5.74) is 5.39. The maximum absolute atomic E-state index is 3.85. The minimum absolute atomic E-state index is 0.690. The van der Waals surface area contributed by atoms with Crippen LogP contribution in [0.15, 0.2) is 48.5 Å². The summed E-state index contributed by atoms with van der Waals surface area (Å²) in [7, 11) is 0. The lowest BCUT2D eigenvalue weighted by Crippen LogP contribution is -2.45. The minimum Gasteiger partial charge on any atom is -0.371 e. The third kappa shape index (κ3) is 4.72. The molecule has 0 atom stereocenters. The highest BCUT2D eigenvalue weighted by Crippen LogP contribution is 2.28. The van der Waals surface area contributed by atoms with Crippen LogP contribution in [0.2, 0.25) is 0 Å². The predicted octanol–water partition coefficient (Wildman–Crippen LogP) is 4.22. The van der Waals surface area contributed by atoms with E-state index in [1.54, 1.807) is 0 Å². The molecule has 0 bridgehead atoms. The Morgan fingerprint density at radius 2 is 1.74 bits per heavy atom. The smallest absolute Gasteiger partial charge is 0.0372 e. The average molecular weight is 364 g/mol. The van der Waals surface area contributed by atoms with Crippen molar-refractivity contribution in [3.05, 3.63) is 54.1 Å². The van der Waals surface area contributed by atoms with E-state index < -0.39 is 0 Å². The molecule has 3 heteroatoms. The summed E-state index contributed by atoms with van der Waals surface area (Å²) < 4.78 is 0. The number of anilines is 1. The van der Waals surface area contributed by atoms with Crippen molar-refractivity contribution in [3.63, 3.8) is 0 Å². The fourth-order valence-corrected chi connectivity index (χ4v) is 4.53. The first-order valence-electron chi connectivity index (χ1n) is 10.6. The molecule has 2 saturated heterocycles. The minimum atomic E-state index is 0.690. The summed E-state index contributed by atoms with van der Waals surface area (Å²) in [6, 6.07) is 18.4. The molecule has 2 aromatic carbocycles. The van der Waals surface area contributed by atoms with Gasteiger partial charge in [0.1, 0.15) is 0 Å². The van der Waals surface area contributed by atoms with Gasteiger partial charge in [-0.05, 0) is 87.0 Å². The maximum atomic E-state index is 3.85. The van der Waals surface area contributed by atoms with Crippen molar-refractivity contribution in [1.29, 1.82) is 0 Å². The molecule has 2 fully saturated rings. The van der Waals surface area contributed by atoms with Gasteiger partial charge in [0.15, 0.2) is 0 Å². The van der Waals surface area contributed by atoms with E-state index in [1.807, 2.05) is 0 Å². The van der Waals surface area contributed by atoms with Crippen LogP contribution in [0.3, 0.4) is 0 Å². The summed E-state index contributed by atoms with van der Waals surface area (Å²) >= 11 is 0. The lowest BCUT2D eigenvalue weighted by Gasteiger charge is -2.35. The zero-order valence-corrected chi connectivity index (χ0v) is 16.6. The van der Waals surface area contributed by atoms with E-state index >= 15 is 0 Å². The van der Waals surface area contributed by atoms with Gasteiger partial charge in [-0.25, -0.2) is 0 Å². The number of nitrogens with zero attached hydrogens (tertiary/aromatic N) is 1. The Balaban J connectivity index is 1.33. The fourth-order valence-electron chi connectivity index (χ4n) is 4.53. The Morgan fingerprint density at radius 1 is 0.963 bits per heavy atom. The summed E-state index contributed by atoms with van der Waals surface area (Å²) in [5.74, 6) is 0.870. The molecule has 2 aliphatic heterocycles. The molecule has 2 heterocycles. The van der Waals surface area contributed by atoms with Crippen LogP contribution in [0.1, 0.15) is 31.2 Å². The first kappa shape index (κ1) is 18.5. The zero-order valence-electron chi connectivity index (χ0n) is 16.6. The van der Waals surface area contributed by atoms with E-state index in [9.17, 15) is 0 Å². The van der Waals surface area contributed by atoms with E-state index in [2.05, 4.69) is 71.0 Å². The van der Waals surface area contributed by atoms with Crippen molar-refractivity contribution in [1.82, 2.24) is 10.6 Å². The highest BCUT2D eigenvalue weighted by molar-refractivity contribution is 5.71. The molecule has 0 radical (unpaired) electrons. The van der Waals surface area contributed by atoms with Gasteiger partial charge in [0.2, 0.25) is 0 Å². The van der Waals surface area contributed by atoms with Crippen LogP contribution in [0, 0.1) is 12.8 Å². The van der Waals surface area contributed by atoms with Crippen LogP contribution in [-0.4, -0.2) is 38.8 Å². The van der Waals surface area contributed by atoms with E-state index in [0.29, 0.717) is 6.04 Å². The van der Waals surface area contributed by atoms with Crippen LogP contribution in [-0.2, 0) is 0 Å². The van der Waals surface area contributed by atoms with Crippen molar-refractivity contribution in [3.8, 4) is 11.1 Å². The van der Waals surface area contributed by atoms with Gasteiger partial charge >= 0.3 is 0 Å². The normalized spacial score (nSPS) is 19.4. The number of rotatable bonds is 5. The summed E-state index contributed by atoms with van der Waals surface area (Å²) in [6.45, 7) is 8.10. The van der Waals surface area contributed by atoms with Gasteiger partial charge < -0.3 is 15.5 Å². The van der Waals surface area contributed by atoms with E-state index in [0.717, 1.165) is 19.0 Å². The zero-order chi connectivity index (χ0) is 18.5. The molecule has 3 nitrogen and oxygen atoms in total. The summed E-state index contributed by atoms with van der Waals surface area (Å²) in [4.78, 5) is 2.56. The van der Waals surface area contributed by atoms with Crippen molar-refractivity contribution in [2.75, 3.05) is 37.6 Å². The number of hydrogen-bond acceptors (Lipinski definition) is 3. The molecule has 27 heavy (non-hydrogen) atoms. The molecule has 0 aliphatic carbocycles. The molecule has 2 N–H and O–H groups in total. The second kappa shape index (κ2) is 8.90. The van der Waals surface area contributed by atoms with E-state index in [1.165, 1.54) is 67.7 Å². The molecule has 0 spiro atoms. The number of aryl methyl sites for hydroxylation is 1. The lowest BCUT2D eigenvalue weighted by molar-refractivity contribution is 0.321. The van der Waals surface area contributed by atoms with Crippen LogP contribution in [0.25, 0.3) is 11.1 Å². The summed E-state index contributed by atoms with van der Waals surface area (Å²) in [5, 5.41) is 7.32. The maximum Gasteiger partial charge on any atom is 0.0372 e. The SMILES string of the molecule is Cc1ccccc1-c1cccc(N2CCC(NCC3CCNCC3)CC2)c1.